The van der Waals surface area contributed by atoms with Crippen LogP contribution in [0.1, 0.15) is 0 Å². The van der Waals surface area contributed by atoms with E-state index < -0.39 is 0 Å². The van der Waals surface area contributed by atoms with Crippen molar-refractivity contribution in [2.45, 2.75) is 0 Å². The Kier molecular flexibility index (Phi) is 7.65. The molecule has 3 rings (SSSR count). The lowest BCUT2D eigenvalue weighted by atomic mass is 10.3. The maximum absolute atomic E-state index is 5.36. The SMILES string of the molecule is Nc1ccccc1.Nc1ccccc1.c1cncnc1. The van der Waals surface area contributed by atoms with Gasteiger partial charge < -0.3 is 11.5 Å². The predicted octanol–water partition coefficient (Wildman–Crippen LogP) is 3.01. The number of nitrogen functional groups attached to an aromatic ring is 2. The van der Waals surface area contributed by atoms with Crippen LogP contribution in [0.15, 0.2) is 85.5 Å². The third kappa shape index (κ3) is 8.25. The van der Waals surface area contributed by atoms with Gasteiger partial charge in [-0.15, -0.1) is 0 Å². The van der Waals surface area contributed by atoms with E-state index in [1.807, 2.05) is 60.7 Å². The molecule has 0 aliphatic heterocycles. The second kappa shape index (κ2) is 10.1. The van der Waals surface area contributed by atoms with Gasteiger partial charge in [0.15, 0.2) is 0 Å². The first-order valence-electron chi connectivity index (χ1n) is 6.10. The number of rotatable bonds is 0. The predicted molar refractivity (Wildman–Crippen MR) is 83.7 cm³/mol. The number of nitrogens with zero attached hydrogens (tertiary/aromatic N) is 2. The van der Waals surface area contributed by atoms with E-state index in [0.717, 1.165) is 11.4 Å². The molecule has 2 aromatic carbocycles. The van der Waals surface area contributed by atoms with E-state index >= 15 is 0 Å². The summed E-state index contributed by atoms with van der Waals surface area (Å²) in [6.45, 7) is 0. The van der Waals surface area contributed by atoms with Crippen molar-refractivity contribution in [2.75, 3.05) is 11.5 Å². The summed E-state index contributed by atoms with van der Waals surface area (Å²) in [5, 5.41) is 0. The molecule has 102 valence electrons. The number of hydrogen-bond donors (Lipinski definition) is 2. The van der Waals surface area contributed by atoms with Crippen molar-refractivity contribution in [1.82, 2.24) is 9.97 Å². The minimum Gasteiger partial charge on any atom is -0.399 e. The first-order valence-corrected chi connectivity index (χ1v) is 6.10. The van der Waals surface area contributed by atoms with Gasteiger partial charge in [0.1, 0.15) is 6.33 Å². The van der Waals surface area contributed by atoms with Crippen LogP contribution < -0.4 is 11.5 Å². The van der Waals surface area contributed by atoms with Gasteiger partial charge in [-0.1, -0.05) is 36.4 Å². The van der Waals surface area contributed by atoms with Crippen LogP contribution in [0.3, 0.4) is 0 Å². The zero-order valence-corrected chi connectivity index (χ0v) is 11.1. The van der Waals surface area contributed by atoms with Crippen LogP contribution >= 0.6 is 0 Å². The van der Waals surface area contributed by atoms with Crippen LogP contribution in [-0.2, 0) is 0 Å². The molecule has 1 heterocycles. The molecule has 0 unspecified atom stereocenters. The molecule has 4 nitrogen and oxygen atoms in total. The molecule has 0 amide bonds. The summed E-state index contributed by atoms with van der Waals surface area (Å²) in [4.78, 5) is 7.35. The average molecular weight is 266 g/mol. The van der Waals surface area contributed by atoms with Crippen molar-refractivity contribution in [2.24, 2.45) is 0 Å². The second-order valence-corrected chi connectivity index (χ2v) is 3.73. The Bertz CT molecular complexity index is 477. The Morgan fingerprint density at radius 3 is 1.10 bits per heavy atom. The lowest BCUT2D eigenvalue weighted by molar-refractivity contribution is 1.17. The minimum absolute atomic E-state index is 0.822. The Hall–Kier alpha value is -2.88. The molecule has 0 fully saturated rings. The van der Waals surface area contributed by atoms with Crippen molar-refractivity contribution in [3.63, 3.8) is 0 Å². The Balaban J connectivity index is 0.000000151. The van der Waals surface area contributed by atoms with E-state index in [1.165, 1.54) is 6.33 Å². The third-order valence-electron chi connectivity index (χ3n) is 2.08. The van der Waals surface area contributed by atoms with Gasteiger partial charge in [0.25, 0.3) is 0 Å². The highest BCUT2D eigenvalue weighted by molar-refractivity contribution is 5.36. The summed E-state index contributed by atoms with van der Waals surface area (Å²) in [7, 11) is 0. The van der Waals surface area contributed by atoms with Crippen LogP contribution in [-0.4, -0.2) is 9.97 Å². The molecule has 3 aromatic rings. The van der Waals surface area contributed by atoms with E-state index in [4.69, 9.17) is 11.5 Å². The summed E-state index contributed by atoms with van der Waals surface area (Å²) in [6.07, 6.45) is 4.88. The number of hydrogen-bond acceptors (Lipinski definition) is 4. The van der Waals surface area contributed by atoms with Crippen LogP contribution in [0, 0.1) is 0 Å². The fraction of sp³-hybridized carbons (Fsp3) is 0. The standard InChI is InChI=1S/2C6H7N.C4H4N2/c2*7-6-4-2-1-3-5-6;1-2-5-4-6-3-1/h2*1-5H,7H2;1-4H. The van der Waals surface area contributed by atoms with Crippen LogP contribution in [0.5, 0.6) is 0 Å². The normalized spacial score (nSPS) is 8.40. The smallest absolute Gasteiger partial charge is 0.115 e. The molecular weight excluding hydrogens is 248 g/mol. The van der Waals surface area contributed by atoms with Gasteiger partial charge in [-0.2, -0.15) is 0 Å². The molecule has 4 N–H and O–H groups in total. The monoisotopic (exact) mass is 266 g/mol. The molecule has 20 heavy (non-hydrogen) atoms. The molecule has 1 aromatic heterocycles. The average Bonchev–Trinajstić information content (AvgIpc) is 2.52. The second-order valence-electron chi connectivity index (χ2n) is 3.73. The third-order valence-corrected chi connectivity index (χ3v) is 2.08. The Labute approximate surface area is 119 Å². The van der Waals surface area contributed by atoms with E-state index in [9.17, 15) is 0 Å². The van der Waals surface area contributed by atoms with Gasteiger partial charge in [0.05, 0.1) is 0 Å². The summed E-state index contributed by atoms with van der Waals surface area (Å²) < 4.78 is 0. The van der Waals surface area contributed by atoms with Crippen LogP contribution in [0.2, 0.25) is 0 Å². The molecule has 0 aliphatic rings. The first-order chi connectivity index (χ1) is 9.79. The van der Waals surface area contributed by atoms with Crippen LogP contribution in [0.4, 0.5) is 11.4 Å². The largest absolute Gasteiger partial charge is 0.399 e. The Morgan fingerprint density at radius 2 is 0.950 bits per heavy atom. The number of benzene rings is 2. The number of anilines is 2. The van der Waals surface area contributed by atoms with Gasteiger partial charge in [-0.3, -0.25) is 0 Å². The maximum atomic E-state index is 5.36. The maximum Gasteiger partial charge on any atom is 0.115 e. The van der Waals surface area contributed by atoms with Crippen LogP contribution in [0.25, 0.3) is 0 Å². The van der Waals surface area contributed by atoms with Crippen molar-refractivity contribution in [1.29, 1.82) is 0 Å². The highest BCUT2D eigenvalue weighted by atomic mass is 14.8. The van der Waals surface area contributed by atoms with E-state index in [0.29, 0.717) is 0 Å². The molecule has 0 saturated heterocycles. The number of para-hydroxylation sites is 2. The van der Waals surface area contributed by atoms with Gasteiger partial charge in [0, 0.05) is 23.8 Å². The summed E-state index contributed by atoms with van der Waals surface area (Å²) >= 11 is 0. The zero-order valence-electron chi connectivity index (χ0n) is 11.1. The lowest BCUT2D eigenvalue weighted by Crippen LogP contribution is -1.79. The summed E-state index contributed by atoms with van der Waals surface area (Å²) in [6, 6.07) is 20.8. The van der Waals surface area contributed by atoms with Crippen molar-refractivity contribution in [3.8, 4) is 0 Å². The van der Waals surface area contributed by atoms with Crippen molar-refractivity contribution in [3.05, 3.63) is 85.5 Å². The minimum atomic E-state index is 0.822. The lowest BCUT2D eigenvalue weighted by Gasteiger charge is -1.83. The quantitative estimate of drug-likeness (QED) is 0.613. The highest BCUT2D eigenvalue weighted by Crippen LogP contribution is 1.96. The molecule has 4 heteroatoms. The van der Waals surface area contributed by atoms with Gasteiger partial charge in [-0.25, -0.2) is 9.97 Å². The fourth-order valence-electron chi connectivity index (χ4n) is 1.16. The molecule has 0 atom stereocenters. The zero-order chi connectivity index (χ0) is 14.5. The first kappa shape index (κ1) is 15.2. The number of nitrogens with two attached hydrogens (primary N) is 2. The van der Waals surface area contributed by atoms with Gasteiger partial charge in [0.2, 0.25) is 0 Å². The van der Waals surface area contributed by atoms with Gasteiger partial charge in [-0.05, 0) is 30.3 Å². The van der Waals surface area contributed by atoms with Gasteiger partial charge >= 0.3 is 0 Å². The summed E-state index contributed by atoms with van der Waals surface area (Å²) in [5.74, 6) is 0. The van der Waals surface area contributed by atoms with E-state index in [2.05, 4.69) is 9.97 Å². The Morgan fingerprint density at radius 1 is 0.550 bits per heavy atom. The summed E-state index contributed by atoms with van der Waals surface area (Å²) in [5.41, 5.74) is 12.4. The van der Waals surface area contributed by atoms with E-state index in [1.54, 1.807) is 18.5 Å². The van der Waals surface area contributed by atoms with E-state index in [-0.39, 0.29) is 0 Å². The topological polar surface area (TPSA) is 77.8 Å². The fourth-order valence-corrected chi connectivity index (χ4v) is 1.16. The molecule has 0 saturated carbocycles. The molecule has 0 aliphatic carbocycles. The molecule has 0 radical (unpaired) electrons. The molecule has 0 spiro atoms. The van der Waals surface area contributed by atoms with Crippen molar-refractivity contribution >= 4 is 11.4 Å². The molecule has 0 bridgehead atoms. The highest BCUT2D eigenvalue weighted by Gasteiger charge is 1.72. The van der Waals surface area contributed by atoms with Crippen molar-refractivity contribution < 1.29 is 0 Å². The molecular formula is C16H18N4. The number of aromatic nitrogens is 2.